The van der Waals surface area contributed by atoms with Crippen molar-refractivity contribution in [1.29, 1.82) is 0 Å². The lowest BCUT2D eigenvalue weighted by atomic mass is 10.3. The lowest BCUT2D eigenvalue weighted by Crippen LogP contribution is -1.89. The molecule has 0 bridgehead atoms. The second-order valence-corrected chi connectivity index (χ2v) is 12.0. The van der Waals surface area contributed by atoms with Crippen molar-refractivity contribution < 1.29 is 4.21 Å². The molecule has 0 amide bonds. The summed E-state index contributed by atoms with van der Waals surface area (Å²) in [6, 6.07) is 17.0. The number of hydrogen-bond donors (Lipinski definition) is 0. The Hall–Kier alpha value is -1.22. The predicted octanol–water partition coefficient (Wildman–Crippen LogP) is 8.06. The van der Waals surface area contributed by atoms with Gasteiger partial charge in [0.1, 0.15) is 0 Å². The Morgan fingerprint density at radius 3 is 1.52 bits per heavy atom. The van der Waals surface area contributed by atoms with E-state index in [4.69, 9.17) is 0 Å². The summed E-state index contributed by atoms with van der Waals surface area (Å²) in [5, 5.41) is 7.93. The standard InChI is InChI=1S/C20H12OS6/c21-27-11-19(17-7-5-15(24-17)13-3-1-9-22-13)26-20(12-27)18-8-6-16(25-18)14-4-2-10-23-14/h1-12H. The largest absolute Gasteiger partial charge is 0.250 e. The Balaban J connectivity index is 1.42. The summed E-state index contributed by atoms with van der Waals surface area (Å²) in [6.07, 6.45) is 0. The average molecular weight is 461 g/mol. The Bertz CT molecular complexity index is 1060. The maximum atomic E-state index is 12.5. The van der Waals surface area contributed by atoms with E-state index in [-0.39, 0.29) is 0 Å². The van der Waals surface area contributed by atoms with E-state index in [0.29, 0.717) is 0 Å². The molecule has 7 heteroatoms. The molecule has 0 unspecified atom stereocenters. The first-order valence-electron chi connectivity index (χ1n) is 8.05. The summed E-state index contributed by atoms with van der Waals surface area (Å²) in [6.45, 7) is 0. The van der Waals surface area contributed by atoms with E-state index < -0.39 is 10.8 Å². The smallest absolute Gasteiger partial charge is 0.0726 e. The molecule has 0 aromatic carbocycles. The van der Waals surface area contributed by atoms with E-state index in [1.807, 2.05) is 10.8 Å². The fourth-order valence-corrected chi connectivity index (χ4v) is 9.10. The summed E-state index contributed by atoms with van der Waals surface area (Å²) in [7, 11) is -1.08. The highest BCUT2D eigenvalue weighted by Gasteiger charge is 2.19. The number of rotatable bonds is 4. The fraction of sp³-hybridized carbons (Fsp3) is 0. The van der Waals surface area contributed by atoms with Crippen LogP contribution in [0.5, 0.6) is 0 Å². The summed E-state index contributed by atoms with van der Waals surface area (Å²) in [4.78, 5) is 9.62. The van der Waals surface area contributed by atoms with Crippen LogP contribution in [0.15, 0.2) is 70.1 Å². The zero-order chi connectivity index (χ0) is 18.2. The monoisotopic (exact) mass is 460 g/mol. The average Bonchev–Trinajstić information content (AvgIpc) is 3.49. The molecular weight excluding hydrogens is 449 g/mol. The first-order valence-corrected chi connectivity index (χ1v) is 13.5. The molecule has 0 atom stereocenters. The van der Waals surface area contributed by atoms with Gasteiger partial charge in [0, 0.05) is 49.9 Å². The van der Waals surface area contributed by atoms with Crippen molar-refractivity contribution in [1.82, 2.24) is 0 Å². The highest BCUT2D eigenvalue weighted by molar-refractivity contribution is 8.19. The molecule has 0 aliphatic carbocycles. The van der Waals surface area contributed by atoms with Gasteiger partial charge in [0.05, 0.1) is 10.8 Å². The van der Waals surface area contributed by atoms with Crippen LogP contribution in [0.1, 0.15) is 9.75 Å². The van der Waals surface area contributed by atoms with E-state index in [1.54, 1.807) is 57.1 Å². The summed E-state index contributed by atoms with van der Waals surface area (Å²) in [5.74, 6) is 0. The van der Waals surface area contributed by atoms with Crippen LogP contribution < -0.4 is 0 Å². The third kappa shape index (κ3) is 3.72. The zero-order valence-corrected chi connectivity index (χ0v) is 18.7. The Morgan fingerprint density at radius 1 is 0.593 bits per heavy atom. The van der Waals surface area contributed by atoms with E-state index in [0.717, 1.165) is 9.81 Å². The normalized spacial score (nSPS) is 15.0. The second kappa shape index (κ2) is 7.66. The second-order valence-electron chi connectivity index (χ2n) is 5.68. The molecule has 0 saturated carbocycles. The number of thiophene rings is 4. The van der Waals surface area contributed by atoms with Crippen molar-refractivity contribution in [2.45, 2.75) is 0 Å². The third-order valence-corrected chi connectivity index (χ3v) is 10.9. The summed E-state index contributed by atoms with van der Waals surface area (Å²) in [5.41, 5.74) is 0. The minimum Gasteiger partial charge on any atom is -0.250 e. The van der Waals surface area contributed by atoms with Gasteiger partial charge in [-0.05, 0) is 47.2 Å². The van der Waals surface area contributed by atoms with Crippen LogP contribution in [0.25, 0.3) is 29.3 Å². The molecule has 0 radical (unpaired) electrons. The lowest BCUT2D eigenvalue weighted by Gasteiger charge is -2.12. The van der Waals surface area contributed by atoms with Gasteiger partial charge < -0.3 is 0 Å². The molecule has 4 aromatic rings. The van der Waals surface area contributed by atoms with Crippen LogP contribution in [0.2, 0.25) is 0 Å². The van der Waals surface area contributed by atoms with Crippen LogP contribution >= 0.6 is 57.1 Å². The van der Waals surface area contributed by atoms with Crippen molar-refractivity contribution >= 4 is 77.7 Å². The van der Waals surface area contributed by atoms with E-state index >= 15 is 0 Å². The molecule has 134 valence electrons. The Kier molecular flexibility index (Phi) is 5.06. The molecule has 0 saturated heterocycles. The van der Waals surface area contributed by atoms with Gasteiger partial charge in [-0.1, -0.05) is 23.9 Å². The van der Waals surface area contributed by atoms with Gasteiger partial charge >= 0.3 is 0 Å². The highest BCUT2D eigenvalue weighted by atomic mass is 32.2. The SMILES string of the molecule is O=S1C=C(c2ccc(-c3cccs3)s2)SC(c2ccc(-c3cccs3)s2)=C1. The summed E-state index contributed by atoms with van der Waals surface area (Å²) < 4.78 is 12.5. The molecule has 0 N–H and O–H groups in total. The molecule has 1 aliphatic rings. The van der Waals surface area contributed by atoms with Crippen LogP contribution in [-0.4, -0.2) is 4.21 Å². The van der Waals surface area contributed by atoms with E-state index in [1.165, 1.54) is 29.3 Å². The van der Waals surface area contributed by atoms with E-state index in [9.17, 15) is 4.21 Å². The molecule has 27 heavy (non-hydrogen) atoms. The minimum atomic E-state index is -1.08. The summed E-state index contributed by atoms with van der Waals surface area (Å²) >= 11 is 8.75. The third-order valence-electron chi connectivity index (χ3n) is 3.89. The minimum absolute atomic E-state index is 1.08. The maximum Gasteiger partial charge on any atom is 0.0726 e. The van der Waals surface area contributed by atoms with Crippen molar-refractivity contribution in [3.8, 4) is 19.5 Å². The molecule has 1 nitrogen and oxygen atoms in total. The van der Waals surface area contributed by atoms with Crippen LogP contribution in [0.4, 0.5) is 0 Å². The lowest BCUT2D eigenvalue weighted by molar-refractivity contribution is 0.693. The Labute approximate surface area is 180 Å². The van der Waals surface area contributed by atoms with Crippen LogP contribution in [0.3, 0.4) is 0 Å². The van der Waals surface area contributed by atoms with Gasteiger partial charge in [-0.25, -0.2) is 0 Å². The first kappa shape index (κ1) is 17.8. The van der Waals surface area contributed by atoms with Gasteiger partial charge in [-0.15, -0.1) is 45.3 Å². The van der Waals surface area contributed by atoms with Crippen molar-refractivity contribution in [3.63, 3.8) is 0 Å². The maximum absolute atomic E-state index is 12.5. The topological polar surface area (TPSA) is 17.1 Å². The van der Waals surface area contributed by atoms with Crippen molar-refractivity contribution in [3.05, 3.63) is 79.9 Å². The first-order chi connectivity index (χ1) is 13.3. The predicted molar refractivity (Wildman–Crippen MR) is 127 cm³/mol. The Morgan fingerprint density at radius 2 is 1.07 bits per heavy atom. The molecule has 1 aliphatic heterocycles. The van der Waals surface area contributed by atoms with Gasteiger partial charge in [0.25, 0.3) is 0 Å². The van der Waals surface area contributed by atoms with Crippen molar-refractivity contribution in [2.24, 2.45) is 0 Å². The van der Waals surface area contributed by atoms with Gasteiger partial charge in [0.2, 0.25) is 0 Å². The highest BCUT2D eigenvalue weighted by Crippen LogP contribution is 2.48. The van der Waals surface area contributed by atoms with Gasteiger partial charge in [0.15, 0.2) is 0 Å². The van der Waals surface area contributed by atoms with Crippen LogP contribution in [-0.2, 0) is 10.8 Å². The fourth-order valence-electron chi connectivity index (χ4n) is 2.67. The molecule has 5 heterocycles. The molecule has 0 spiro atoms. The molecule has 5 rings (SSSR count). The number of thioether (sulfide) groups is 1. The van der Waals surface area contributed by atoms with Gasteiger partial charge in [-0.3, -0.25) is 4.21 Å². The van der Waals surface area contributed by atoms with Gasteiger partial charge in [-0.2, -0.15) is 0 Å². The van der Waals surface area contributed by atoms with Crippen LogP contribution in [0, 0.1) is 0 Å². The molecule has 4 aromatic heterocycles. The molecular formula is C20H12OS6. The van der Waals surface area contributed by atoms with E-state index in [2.05, 4.69) is 59.3 Å². The molecule has 0 fully saturated rings. The number of hydrogen-bond acceptors (Lipinski definition) is 6. The quantitative estimate of drug-likeness (QED) is 0.306. The zero-order valence-electron chi connectivity index (χ0n) is 13.8. The van der Waals surface area contributed by atoms with Crippen molar-refractivity contribution in [2.75, 3.05) is 0 Å².